The van der Waals surface area contributed by atoms with Crippen LogP contribution >= 0.6 is 0 Å². The summed E-state index contributed by atoms with van der Waals surface area (Å²) in [5.41, 5.74) is 2.90. The molecule has 5 unspecified atom stereocenters. The fourth-order valence-corrected chi connectivity index (χ4v) is 11.4. The Hall–Kier alpha value is -1.50. The number of Topliss-reactive ketones (excluding diaryl/α,β-unsaturated/α-hetero) is 1. The topological polar surface area (TPSA) is 74.7 Å². The summed E-state index contributed by atoms with van der Waals surface area (Å²) in [6, 6.07) is 6.03. The first-order chi connectivity index (χ1) is 26.0. The number of allylic oxidation sites excluding steroid dienone is 1. The van der Waals surface area contributed by atoms with Crippen molar-refractivity contribution in [1.29, 1.82) is 0 Å². The molecule has 1 aliphatic carbocycles. The second kappa shape index (κ2) is 20.4. The zero-order valence-corrected chi connectivity index (χ0v) is 43.3. The number of hydrogen-bond acceptors (Lipinski definition) is 6. The van der Waals surface area contributed by atoms with Gasteiger partial charge in [0.15, 0.2) is 25.0 Å². The smallest absolute Gasteiger partial charge is 0.192 e. The summed E-state index contributed by atoms with van der Waals surface area (Å²) in [6.07, 6.45) is 14.2. The van der Waals surface area contributed by atoms with E-state index in [2.05, 4.69) is 146 Å². The van der Waals surface area contributed by atoms with E-state index in [1.807, 2.05) is 24.4 Å². The van der Waals surface area contributed by atoms with Gasteiger partial charge in [-0.15, -0.1) is 0 Å². The number of rotatable bonds is 22. The number of ketones is 1. The van der Waals surface area contributed by atoms with Crippen molar-refractivity contribution in [3.05, 3.63) is 47.3 Å². The van der Waals surface area contributed by atoms with E-state index in [1.54, 1.807) is 0 Å². The highest BCUT2D eigenvalue weighted by Crippen LogP contribution is 2.52. The van der Waals surface area contributed by atoms with Crippen LogP contribution in [-0.4, -0.2) is 60.3 Å². The Labute approximate surface area is 354 Å². The number of carbonyl (C=O) groups excluding carboxylic acids is 2. The van der Waals surface area contributed by atoms with Crippen LogP contribution in [0.25, 0.3) is 6.08 Å². The highest BCUT2D eigenvalue weighted by Gasteiger charge is 2.56. The van der Waals surface area contributed by atoms with Crippen LogP contribution in [-0.2, 0) is 22.9 Å². The maximum Gasteiger partial charge on any atom is 0.192 e. The van der Waals surface area contributed by atoms with Gasteiger partial charge in [0, 0.05) is 18.5 Å². The molecule has 0 radical (unpaired) electrons. The molecule has 1 aliphatic rings. The maximum absolute atomic E-state index is 15.2. The molecule has 2 rings (SSSR count). The van der Waals surface area contributed by atoms with Crippen LogP contribution in [0, 0.1) is 17.3 Å². The molecule has 9 heteroatoms. The van der Waals surface area contributed by atoms with Crippen LogP contribution in [0.3, 0.4) is 0 Å². The SMILES string of the molecule is CCC(C(=O)C1(C(CC=O)O[Si](C)(C)C(C)(C)C)CCC1)C(O[Si](C)(C)C(C)(C)C)C(C)CCC/C(C)=C/CC(O[Si](C)(C)C(C)(C)C)/C(C)=C/c1ccccn1. The summed E-state index contributed by atoms with van der Waals surface area (Å²) in [6.45, 7) is 43.1. The Morgan fingerprint density at radius 2 is 1.39 bits per heavy atom. The average molecular weight is 842 g/mol. The number of pyridine rings is 1. The summed E-state index contributed by atoms with van der Waals surface area (Å²) < 4.78 is 21.4. The number of nitrogens with zero attached hydrogens (tertiary/aromatic N) is 1. The molecule has 0 aliphatic heterocycles. The van der Waals surface area contributed by atoms with E-state index in [0.717, 1.165) is 63.3 Å². The second-order valence-electron chi connectivity index (χ2n) is 22.2. The van der Waals surface area contributed by atoms with Crippen molar-refractivity contribution in [3.63, 3.8) is 0 Å². The normalized spacial score (nSPS) is 19.0. The van der Waals surface area contributed by atoms with Crippen LogP contribution < -0.4 is 0 Å². The van der Waals surface area contributed by atoms with E-state index in [1.165, 1.54) is 11.1 Å². The Morgan fingerprint density at radius 1 is 0.842 bits per heavy atom. The lowest BCUT2D eigenvalue weighted by molar-refractivity contribution is -0.153. The largest absolute Gasteiger partial charge is 0.413 e. The number of carbonyl (C=O) groups is 2. The molecule has 0 bridgehead atoms. The van der Waals surface area contributed by atoms with Gasteiger partial charge in [-0.25, -0.2) is 0 Å². The molecule has 1 heterocycles. The Kier molecular flexibility index (Phi) is 18.5. The summed E-state index contributed by atoms with van der Waals surface area (Å²) >= 11 is 0. The molecule has 1 saturated carbocycles. The van der Waals surface area contributed by atoms with Gasteiger partial charge in [0.25, 0.3) is 0 Å². The van der Waals surface area contributed by atoms with Gasteiger partial charge in [0.2, 0.25) is 0 Å². The van der Waals surface area contributed by atoms with Crippen molar-refractivity contribution in [3.8, 4) is 0 Å². The van der Waals surface area contributed by atoms with E-state index in [-0.39, 0.29) is 57.5 Å². The van der Waals surface area contributed by atoms with Gasteiger partial charge in [-0.2, -0.15) is 0 Å². The molecular weight excluding hydrogens is 755 g/mol. The first-order valence-corrected chi connectivity index (χ1v) is 30.9. The predicted molar refractivity (Wildman–Crippen MR) is 251 cm³/mol. The highest BCUT2D eigenvalue weighted by atomic mass is 28.4. The molecule has 0 amide bonds. The highest BCUT2D eigenvalue weighted by molar-refractivity contribution is 6.75. The average Bonchev–Trinajstić information content (AvgIpc) is 3.04. The van der Waals surface area contributed by atoms with Crippen molar-refractivity contribution >= 4 is 43.1 Å². The molecule has 1 aromatic heterocycles. The monoisotopic (exact) mass is 842 g/mol. The summed E-state index contributed by atoms with van der Waals surface area (Å²) in [5.74, 6) is 0.225. The summed E-state index contributed by atoms with van der Waals surface area (Å²) in [5, 5.41) is 0.101. The standard InChI is InChI=1S/C48H87NO5Si3/c1-20-40(44(51)48(31-24-32-48)42(30-34-50)53-56(16,17)46(8,9)10)43(54-57(18,19)47(11,12)13)37(3)26-23-25-36(2)28-29-41(52-55(14,15)45(5,6)7)38(4)35-39-27-21-22-33-49-39/h21-22,27-28,33-35,37,40-43H,20,23-26,29-32H2,1-19H3/b36-28+,38-35+. The zero-order chi connectivity index (χ0) is 43.8. The minimum atomic E-state index is -2.24. The molecule has 0 spiro atoms. The van der Waals surface area contributed by atoms with Gasteiger partial charge >= 0.3 is 0 Å². The minimum absolute atomic E-state index is 0.0112. The first kappa shape index (κ1) is 51.6. The van der Waals surface area contributed by atoms with Crippen LogP contribution in [0.1, 0.15) is 153 Å². The number of aromatic nitrogens is 1. The second-order valence-corrected chi connectivity index (χ2v) is 36.4. The third kappa shape index (κ3) is 13.8. The van der Waals surface area contributed by atoms with E-state index in [0.29, 0.717) is 0 Å². The molecule has 326 valence electrons. The Balaban J connectivity index is 2.39. The Bertz CT molecular complexity index is 1490. The van der Waals surface area contributed by atoms with Gasteiger partial charge in [-0.1, -0.05) is 100 Å². The van der Waals surface area contributed by atoms with Gasteiger partial charge in [-0.05, 0) is 143 Å². The van der Waals surface area contributed by atoms with E-state index in [4.69, 9.17) is 13.3 Å². The Morgan fingerprint density at radius 3 is 1.84 bits per heavy atom. The third-order valence-corrected chi connectivity index (χ3v) is 28.0. The van der Waals surface area contributed by atoms with E-state index >= 15 is 4.79 Å². The molecule has 0 aromatic carbocycles. The zero-order valence-electron chi connectivity index (χ0n) is 40.3. The quantitative estimate of drug-likeness (QED) is 0.0658. The van der Waals surface area contributed by atoms with Gasteiger partial charge in [0.05, 0.1) is 29.4 Å². The van der Waals surface area contributed by atoms with Crippen LogP contribution in [0.4, 0.5) is 0 Å². The molecular formula is C48H87NO5Si3. The van der Waals surface area contributed by atoms with Crippen LogP contribution in [0.5, 0.6) is 0 Å². The maximum atomic E-state index is 15.2. The minimum Gasteiger partial charge on any atom is -0.413 e. The molecule has 5 atom stereocenters. The summed E-state index contributed by atoms with van der Waals surface area (Å²) in [4.78, 5) is 32.0. The molecule has 0 saturated heterocycles. The van der Waals surface area contributed by atoms with E-state index < -0.39 is 30.4 Å². The predicted octanol–water partition coefficient (Wildman–Crippen LogP) is 14.2. The fourth-order valence-electron chi connectivity index (χ4n) is 7.26. The lowest BCUT2D eigenvalue weighted by Gasteiger charge is -2.52. The van der Waals surface area contributed by atoms with Gasteiger partial charge in [0.1, 0.15) is 12.1 Å². The van der Waals surface area contributed by atoms with Crippen LogP contribution in [0.2, 0.25) is 54.4 Å². The van der Waals surface area contributed by atoms with Crippen molar-refractivity contribution in [2.45, 2.75) is 221 Å². The van der Waals surface area contributed by atoms with E-state index in [9.17, 15) is 4.79 Å². The molecule has 1 fully saturated rings. The van der Waals surface area contributed by atoms with Gasteiger partial charge in [-0.3, -0.25) is 9.78 Å². The summed E-state index contributed by atoms with van der Waals surface area (Å²) in [7, 11) is -6.50. The van der Waals surface area contributed by atoms with Crippen molar-refractivity contribution in [2.75, 3.05) is 0 Å². The molecule has 57 heavy (non-hydrogen) atoms. The first-order valence-electron chi connectivity index (χ1n) is 22.2. The van der Waals surface area contributed by atoms with Crippen molar-refractivity contribution < 1.29 is 22.9 Å². The van der Waals surface area contributed by atoms with Gasteiger partial charge < -0.3 is 18.1 Å². The van der Waals surface area contributed by atoms with Crippen LogP contribution in [0.15, 0.2) is 41.6 Å². The fraction of sp³-hybridized carbons (Fsp3) is 0.771. The lowest BCUT2D eigenvalue weighted by Crippen LogP contribution is -2.58. The number of hydrogen-bond donors (Lipinski definition) is 0. The number of aldehydes is 1. The third-order valence-electron chi connectivity index (χ3n) is 14.6. The lowest BCUT2D eigenvalue weighted by atomic mass is 9.58. The van der Waals surface area contributed by atoms with Crippen molar-refractivity contribution in [1.82, 2.24) is 4.98 Å². The van der Waals surface area contributed by atoms with Crippen molar-refractivity contribution in [2.24, 2.45) is 17.3 Å². The molecule has 0 N–H and O–H groups in total. The molecule has 6 nitrogen and oxygen atoms in total. The molecule has 1 aromatic rings.